The summed E-state index contributed by atoms with van der Waals surface area (Å²) in [4.78, 5) is 12.7. The maximum absolute atomic E-state index is 11.5. The van der Waals surface area contributed by atoms with Gasteiger partial charge in [0.05, 0.1) is 0 Å². The Labute approximate surface area is 82.8 Å². The summed E-state index contributed by atoms with van der Waals surface area (Å²) in [6, 6.07) is 2.05. The van der Waals surface area contributed by atoms with Gasteiger partial charge in [0.1, 0.15) is 0 Å². The van der Waals surface area contributed by atoms with Crippen molar-refractivity contribution in [2.75, 3.05) is 0 Å². The molecule has 0 saturated carbocycles. The summed E-state index contributed by atoms with van der Waals surface area (Å²) in [5.41, 5.74) is 6.41. The average Bonchev–Trinajstić information content (AvgIpc) is 2.47. The highest BCUT2D eigenvalue weighted by Crippen LogP contribution is 2.15. The number of rotatable bonds is 4. The van der Waals surface area contributed by atoms with E-state index in [0.717, 1.165) is 12.0 Å². The number of ketones is 1. The van der Waals surface area contributed by atoms with Gasteiger partial charge >= 0.3 is 0 Å². The molecule has 0 amide bonds. The first-order valence-electron chi connectivity index (χ1n) is 4.43. The van der Waals surface area contributed by atoms with Crippen molar-refractivity contribution in [3.8, 4) is 0 Å². The number of carbonyl (C=O) groups is 1. The van der Waals surface area contributed by atoms with Crippen LogP contribution in [0, 0.1) is 6.92 Å². The van der Waals surface area contributed by atoms with Crippen molar-refractivity contribution < 1.29 is 4.79 Å². The van der Waals surface area contributed by atoms with E-state index in [1.54, 1.807) is 11.3 Å². The first-order valence-corrected chi connectivity index (χ1v) is 5.31. The Balaban J connectivity index is 2.49. The monoisotopic (exact) mass is 197 g/mol. The summed E-state index contributed by atoms with van der Waals surface area (Å²) in [7, 11) is 0. The van der Waals surface area contributed by atoms with E-state index in [2.05, 4.69) is 0 Å². The normalized spacial score (nSPS) is 12.8. The van der Waals surface area contributed by atoms with Gasteiger partial charge in [0.2, 0.25) is 0 Å². The van der Waals surface area contributed by atoms with Gasteiger partial charge in [0, 0.05) is 28.3 Å². The molecule has 0 aromatic carbocycles. The molecule has 3 heteroatoms. The molecule has 1 atom stereocenters. The van der Waals surface area contributed by atoms with Gasteiger partial charge in [-0.15, -0.1) is 11.3 Å². The molecule has 72 valence electrons. The van der Waals surface area contributed by atoms with E-state index in [0.29, 0.717) is 6.42 Å². The van der Waals surface area contributed by atoms with Crippen molar-refractivity contribution in [2.45, 2.75) is 32.7 Å². The average molecular weight is 197 g/mol. The molecule has 0 aliphatic heterocycles. The van der Waals surface area contributed by atoms with Gasteiger partial charge in [0.25, 0.3) is 0 Å². The predicted octanol–water partition coefficient (Wildman–Crippen LogP) is 2.37. The summed E-state index contributed by atoms with van der Waals surface area (Å²) in [5.74, 6) is 0.210. The Kier molecular flexibility index (Phi) is 3.63. The summed E-state index contributed by atoms with van der Waals surface area (Å²) in [6.45, 7) is 3.93. The fourth-order valence-corrected chi connectivity index (χ4v) is 1.80. The second-order valence-electron chi connectivity index (χ2n) is 3.39. The van der Waals surface area contributed by atoms with Gasteiger partial charge < -0.3 is 5.73 Å². The summed E-state index contributed by atoms with van der Waals surface area (Å²) in [5, 5.41) is 1.92. The Bertz CT molecular complexity index is 291. The van der Waals surface area contributed by atoms with E-state index in [9.17, 15) is 4.79 Å². The first-order chi connectivity index (χ1) is 6.09. The minimum atomic E-state index is 0.115. The van der Waals surface area contributed by atoms with Crippen molar-refractivity contribution in [2.24, 2.45) is 5.73 Å². The van der Waals surface area contributed by atoms with Crippen molar-refractivity contribution in [3.63, 3.8) is 0 Å². The van der Waals surface area contributed by atoms with Crippen molar-refractivity contribution in [3.05, 3.63) is 21.9 Å². The smallest absolute Gasteiger partial charge is 0.163 e. The van der Waals surface area contributed by atoms with E-state index in [4.69, 9.17) is 5.73 Å². The fraction of sp³-hybridized carbons (Fsp3) is 0.500. The number of carbonyl (C=O) groups excluding carboxylic acids is 1. The van der Waals surface area contributed by atoms with Gasteiger partial charge in [-0.1, -0.05) is 0 Å². The zero-order valence-electron chi connectivity index (χ0n) is 8.04. The lowest BCUT2D eigenvalue weighted by Crippen LogP contribution is -2.16. The maximum atomic E-state index is 11.5. The van der Waals surface area contributed by atoms with Crippen LogP contribution in [0.1, 0.15) is 35.0 Å². The number of hydrogen-bond acceptors (Lipinski definition) is 3. The van der Waals surface area contributed by atoms with E-state index in [1.165, 1.54) is 4.88 Å². The summed E-state index contributed by atoms with van der Waals surface area (Å²) < 4.78 is 0. The fourth-order valence-electron chi connectivity index (χ4n) is 1.09. The molecular weight excluding hydrogens is 182 g/mol. The molecule has 0 fully saturated rings. The minimum Gasteiger partial charge on any atom is -0.328 e. The molecule has 1 aromatic heterocycles. The van der Waals surface area contributed by atoms with Crippen LogP contribution in [0.5, 0.6) is 0 Å². The standard InChI is InChI=1S/C10H15NOS/c1-7(11)3-4-10(12)9-5-8(2)13-6-9/h5-7H,3-4,11H2,1-2H3. The van der Waals surface area contributed by atoms with Gasteiger partial charge in [-0.05, 0) is 26.3 Å². The molecular formula is C10H15NOS. The van der Waals surface area contributed by atoms with Crippen LogP contribution >= 0.6 is 11.3 Å². The molecule has 1 rings (SSSR count). The zero-order chi connectivity index (χ0) is 9.84. The SMILES string of the molecule is Cc1cc(C(=O)CCC(C)N)cs1. The summed E-state index contributed by atoms with van der Waals surface area (Å²) >= 11 is 1.61. The van der Waals surface area contributed by atoms with Crippen LogP contribution in [0.25, 0.3) is 0 Å². The first kappa shape index (κ1) is 10.4. The number of Topliss-reactive ketones (excluding diaryl/α,β-unsaturated/α-hetero) is 1. The van der Waals surface area contributed by atoms with Crippen molar-refractivity contribution in [1.82, 2.24) is 0 Å². The highest BCUT2D eigenvalue weighted by Gasteiger charge is 2.07. The molecule has 0 saturated heterocycles. The third kappa shape index (κ3) is 3.28. The van der Waals surface area contributed by atoms with Gasteiger partial charge in [-0.3, -0.25) is 4.79 Å². The Morgan fingerprint density at radius 2 is 2.38 bits per heavy atom. The summed E-state index contributed by atoms with van der Waals surface area (Å²) in [6.07, 6.45) is 1.33. The molecule has 1 unspecified atom stereocenters. The van der Waals surface area contributed by atoms with E-state index in [1.807, 2.05) is 25.3 Å². The lowest BCUT2D eigenvalue weighted by Gasteiger charge is -2.01. The lowest BCUT2D eigenvalue weighted by atomic mass is 10.1. The second kappa shape index (κ2) is 4.53. The Hall–Kier alpha value is -0.670. The van der Waals surface area contributed by atoms with Crippen LogP contribution in [0.15, 0.2) is 11.4 Å². The van der Waals surface area contributed by atoms with Crippen molar-refractivity contribution >= 4 is 17.1 Å². The number of hydrogen-bond donors (Lipinski definition) is 1. The van der Waals surface area contributed by atoms with Crippen LogP contribution in [-0.4, -0.2) is 11.8 Å². The highest BCUT2D eigenvalue weighted by atomic mass is 32.1. The van der Waals surface area contributed by atoms with Crippen LogP contribution in [0.3, 0.4) is 0 Å². The molecule has 0 spiro atoms. The van der Waals surface area contributed by atoms with E-state index >= 15 is 0 Å². The quantitative estimate of drug-likeness (QED) is 0.753. The van der Waals surface area contributed by atoms with Gasteiger partial charge in [-0.2, -0.15) is 0 Å². The predicted molar refractivity (Wildman–Crippen MR) is 56.3 cm³/mol. The van der Waals surface area contributed by atoms with Crippen molar-refractivity contribution in [1.29, 1.82) is 0 Å². The van der Waals surface area contributed by atoms with E-state index in [-0.39, 0.29) is 11.8 Å². The van der Waals surface area contributed by atoms with Crippen LogP contribution < -0.4 is 5.73 Å². The largest absolute Gasteiger partial charge is 0.328 e. The second-order valence-corrected chi connectivity index (χ2v) is 4.50. The van der Waals surface area contributed by atoms with Crippen LogP contribution in [-0.2, 0) is 0 Å². The number of thiophene rings is 1. The van der Waals surface area contributed by atoms with Crippen LogP contribution in [0.2, 0.25) is 0 Å². The highest BCUT2D eigenvalue weighted by molar-refractivity contribution is 7.10. The number of nitrogens with two attached hydrogens (primary N) is 1. The Morgan fingerprint density at radius 1 is 1.69 bits per heavy atom. The molecule has 2 N–H and O–H groups in total. The molecule has 0 aliphatic rings. The zero-order valence-corrected chi connectivity index (χ0v) is 8.86. The molecule has 2 nitrogen and oxygen atoms in total. The van der Waals surface area contributed by atoms with Gasteiger partial charge in [-0.25, -0.2) is 0 Å². The minimum absolute atomic E-state index is 0.115. The van der Waals surface area contributed by atoms with Crippen LogP contribution in [0.4, 0.5) is 0 Å². The van der Waals surface area contributed by atoms with E-state index < -0.39 is 0 Å². The molecule has 13 heavy (non-hydrogen) atoms. The molecule has 0 aliphatic carbocycles. The molecule has 1 aromatic rings. The molecule has 1 heterocycles. The third-order valence-corrected chi connectivity index (χ3v) is 2.74. The lowest BCUT2D eigenvalue weighted by molar-refractivity contribution is 0.0978. The third-order valence-electron chi connectivity index (χ3n) is 1.88. The molecule has 0 radical (unpaired) electrons. The molecule has 0 bridgehead atoms. The van der Waals surface area contributed by atoms with Gasteiger partial charge in [0.15, 0.2) is 5.78 Å². The Morgan fingerprint density at radius 3 is 2.85 bits per heavy atom. The topological polar surface area (TPSA) is 43.1 Å². The maximum Gasteiger partial charge on any atom is 0.163 e. The number of aryl methyl sites for hydroxylation is 1.